The van der Waals surface area contributed by atoms with E-state index >= 15 is 0 Å². The van der Waals surface area contributed by atoms with Gasteiger partial charge in [0.15, 0.2) is 0 Å². The molecular formula is C26H27NO5S. The Morgan fingerprint density at radius 2 is 1.88 bits per heavy atom. The minimum absolute atomic E-state index is 0.130. The Bertz CT molecular complexity index is 1330. The smallest absolute Gasteiger partial charge is 0.300 e. The molecule has 1 aliphatic heterocycles. The number of fused-ring (bicyclic) bond motifs is 2. The molecule has 0 fully saturated rings. The fraction of sp³-hybridized carbons (Fsp3) is 0.308. The van der Waals surface area contributed by atoms with Gasteiger partial charge in [-0.25, -0.2) is 4.18 Å². The molecule has 5 rings (SSSR count). The normalized spacial score (nSPS) is 18.3. The molecular weight excluding hydrogens is 438 g/mol. The molecule has 0 bridgehead atoms. The van der Waals surface area contributed by atoms with Crippen molar-refractivity contribution >= 4 is 10.1 Å². The standard InChI is InChI=1S/C26H27NO5S/c1-16-7-4-5-10-24(16)33(29,30)32-17(2)31-20-13-19-11-12-27(3)22-14-18-8-6-9-23(28)26(18)21(15-20)25(19)22/h4-10,13,15,17,22,28H,11-12,14H2,1-3H3. The SMILES string of the molecule is Cc1ccccc1S(=O)(=O)OC(C)Oc1cc2c3c(c1)-c1c(O)cccc1CC3N(C)CC2. The molecule has 7 heteroatoms. The summed E-state index contributed by atoms with van der Waals surface area (Å²) in [6.45, 7) is 4.22. The monoisotopic (exact) mass is 465 g/mol. The number of hydrogen-bond acceptors (Lipinski definition) is 6. The minimum Gasteiger partial charge on any atom is -0.507 e. The van der Waals surface area contributed by atoms with Crippen LogP contribution in [0.15, 0.2) is 59.5 Å². The molecule has 0 amide bonds. The van der Waals surface area contributed by atoms with Gasteiger partial charge in [0, 0.05) is 18.2 Å². The molecule has 1 N–H and O–H groups in total. The summed E-state index contributed by atoms with van der Waals surface area (Å²) in [5, 5.41) is 10.7. The van der Waals surface area contributed by atoms with Crippen molar-refractivity contribution in [2.24, 2.45) is 0 Å². The van der Waals surface area contributed by atoms with Gasteiger partial charge in [0.25, 0.3) is 0 Å². The molecule has 0 saturated heterocycles. The predicted octanol–water partition coefficient (Wildman–Crippen LogP) is 4.58. The topological polar surface area (TPSA) is 76.1 Å². The lowest BCUT2D eigenvalue weighted by atomic mass is 9.77. The summed E-state index contributed by atoms with van der Waals surface area (Å²) >= 11 is 0. The Hall–Kier alpha value is -2.87. The van der Waals surface area contributed by atoms with Crippen molar-refractivity contribution in [3.63, 3.8) is 0 Å². The molecule has 2 unspecified atom stereocenters. The third-order valence-corrected chi connectivity index (χ3v) is 8.10. The molecule has 2 atom stereocenters. The summed E-state index contributed by atoms with van der Waals surface area (Å²) in [6, 6.07) is 16.4. The lowest BCUT2D eigenvalue weighted by molar-refractivity contribution is 0.0281. The van der Waals surface area contributed by atoms with E-state index < -0.39 is 16.4 Å². The van der Waals surface area contributed by atoms with Crippen molar-refractivity contribution in [2.75, 3.05) is 13.6 Å². The molecule has 0 spiro atoms. The van der Waals surface area contributed by atoms with Crippen LogP contribution in [0.2, 0.25) is 0 Å². The third-order valence-electron chi connectivity index (χ3n) is 6.58. The number of phenolic OH excluding ortho intramolecular Hbond substituents is 1. The van der Waals surface area contributed by atoms with Crippen LogP contribution in [0.25, 0.3) is 11.1 Å². The Kier molecular flexibility index (Phi) is 5.43. The number of nitrogens with zero attached hydrogens (tertiary/aromatic N) is 1. The summed E-state index contributed by atoms with van der Waals surface area (Å²) in [7, 11) is -1.85. The van der Waals surface area contributed by atoms with Crippen LogP contribution in [0.1, 0.15) is 35.2 Å². The first-order valence-electron chi connectivity index (χ1n) is 11.1. The molecule has 2 aliphatic rings. The first-order chi connectivity index (χ1) is 15.7. The highest BCUT2D eigenvalue weighted by Crippen LogP contribution is 2.49. The van der Waals surface area contributed by atoms with E-state index in [1.54, 1.807) is 38.1 Å². The van der Waals surface area contributed by atoms with Crippen molar-refractivity contribution < 1.29 is 22.4 Å². The third kappa shape index (κ3) is 3.90. The number of aryl methyl sites for hydroxylation is 1. The lowest BCUT2D eigenvalue weighted by Gasteiger charge is -2.40. The number of phenols is 1. The van der Waals surface area contributed by atoms with Gasteiger partial charge < -0.3 is 9.84 Å². The number of benzene rings is 3. The van der Waals surface area contributed by atoms with E-state index in [2.05, 4.69) is 11.9 Å². The number of aromatic hydroxyl groups is 1. The minimum atomic E-state index is -3.98. The summed E-state index contributed by atoms with van der Waals surface area (Å²) < 4.78 is 36.9. The highest BCUT2D eigenvalue weighted by atomic mass is 32.2. The van der Waals surface area contributed by atoms with Gasteiger partial charge in [-0.05, 0) is 85.8 Å². The molecule has 6 nitrogen and oxygen atoms in total. The van der Waals surface area contributed by atoms with Gasteiger partial charge >= 0.3 is 10.1 Å². The van der Waals surface area contributed by atoms with Crippen LogP contribution in [0.3, 0.4) is 0 Å². The van der Waals surface area contributed by atoms with Crippen molar-refractivity contribution in [3.05, 3.63) is 76.9 Å². The molecule has 1 heterocycles. The summed E-state index contributed by atoms with van der Waals surface area (Å²) in [5.41, 5.74) is 5.85. The van der Waals surface area contributed by atoms with Crippen LogP contribution in [0, 0.1) is 6.92 Å². The fourth-order valence-electron chi connectivity index (χ4n) is 5.04. The van der Waals surface area contributed by atoms with E-state index in [-0.39, 0.29) is 16.7 Å². The Balaban J connectivity index is 1.49. The molecule has 0 radical (unpaired) electrons. The molecule has 1 aliphatic carbocycles. The Morgan fingerprint density at radius 1 is 1.09 bits per heavy atom. The maximum Gasteiger partial charge on any atom is 0.300 e. The zero-order chi connectivity index (χ0) is 23.3. The lowest BCUT2D eigenvalue weighted by Crippen LogP contribution is -2.35. The fourth-order valence-corrected chi connectivity index (χ4v) is 6.25. The van der Waals surface area contributed by atoms with Gasteiger partial charge in [-0.3, -0.25) is 4.90 Å². The zero-order valence-corrected chi connectivity index (χ0v) is 19.7. The van der Waals surface area contributed by atoms with E-state index in [1.165, 1.54) is 11.6 Å². The van der Waals surface area contributed by atoms with Crippen LogP contribution in [-0.2, 0) is 27.1 Å². The van der Waals surface area contributed by atoms with E-state index in [9.17, 15) is 13.5 Å². The Morgan fingerprint density at radius 3 is 2.67 bits per heavy atom. The number of likely N-dealkylation sites (N-methyl/N-ethyl adjacent to an activating group) is 1. The molecule has 0 saturated carbocycles. The van der Waals surface area contributed by atoms with Gasteiger partial charge in [0.1, 0.15) is 11.5 Å². The maximum atomic E-state index is 12.8. The number of hydrogen-bond donors (Lipinski definition) is 1. The first-order valence-corrected chi connectivity index (χ1v) is 12.5. The van der Waals surface area contributed by atoms with E-state index in [0.29, 0.717) is 11.3 Å². The molecule has 3 aromatic carbocycles. The maximum absolute atomic E-state index is 12.8. The zero-order valence-electron chi connectivity index (χ0n) is 18.9. The van der Waals surface area contributed by atoms with E-state index in [1.807, 2.05) is 24.3 Å². The largest absolute Gasteiger partial charge is 0.507 e. The summed E-state index contributed by atoms with van der Waals surface area (Å²) in [4.78, 5) is 2.48. The Labute approximate surface area is 194 Å². The molecule has 3 aromatic rings. The van der Waals surface area contributed by atoms with Gasteiger partial charge in [0.2, 0.25) is 6.29 Å². The van der Waals surface area contributed by atoms with Gasteiger partial charge in [-0.15, -0.1) is 0 Å². The van der Waals surface area contributed by atoms with Crippen molar-refractivity contribution in [1.29, 1.82) is 0 Å². The second-order valence-corrected chi connectivity index (χ2v) is 10.3. The van der Waals surface area contributed by atoms with Crippen LogP contribution >= 0.6 is 0 Å². The predicted molar refractivity (Wildman–Crippen MR) is 126 cm³/mol. The van der Waals surface area contributed by atoms with E-state index in [0.717, 1.165) is 41.6 Å². The van der Waals surface area contributed by atoms with Crippen LogP contribution in [-0.4, -0.2) is 38.3 Å². The van der Waals surface area contributed by atoms with Gasteiger partial charge in [0.05, 0.1) is 4.90 Å². The van der Waals surface area contributed by atoms with Crippen LogP contribution in [0.5, 0.6) is 11.5 Å². The average molecular weight is 466 g/mol. The summed E-state index contributed by atoms with van der Waals surface area (Å²) in [5.74, 6) is 0.764. The van der Waals surface area contributed by atoms with Crippen molar-refractivity contribution in [2.45, 2.75) is 43.9 Å². The van der Waals surface area contributed by atoms with E-state index in [4.69, 9.17) is 8.92 Å². The van der Waals surface area contributed by atoms with Crippen molar-refractivity contribution in [1.82, 2.24) is 4.90 Å². The van der Waals surface area contributed by atoms with Crippen LogP contribution in [0.4, 0.5) is 0 Å². The quantitative estimate of drug-likeness (QED) is 0.439. The number of rotatable bonds is 5. The second kappa shape index (κ2) is 8.17. The average Bonchev–Trinajstić information content (AvgIpc) is 2.75. The number of ether oxygens (including phenoxy) is 1. The first kappa shape index (κ1) is 21.9. The van der Waals surface area contributed by atoms with Gasteiger partial charge in [-0.1, -0.05) is 30.3 Å². The van der Waals surface area contributed by atoms with Crippen LogP contribution < -0.4 is 4.74 Å². The summed E-state index contributed by atoms with van der Waals surface area (Å²) in [6.07, 6.45) is 0.676. The molecule has 172 valence electrons. The van der Waals surface area contributed by atoms with Gasteiger partial charge in [-0.2, -0.15) is 8.42 Å². The molecule has 0 aromatic heterocycles. The van der Waals surface area contributed by atoms with Crippen molar-refractivity contribution in [3.8, 4) is 22.6 Å². The highest BCUT2D eigenvalue weighted by molar-refractivity contribution is 7.86. The highest BCUT2D eigenvalue weighted by Gasteiger charge is 2.34. The second-order valence-electron chi connectivity index (χ2n) is 8.81. The molecule has 33 heavy (non-hydrogen) atoms.